The second-order valence-corrected chi connectivity index (χ2v) is 7.33. The van der Waals surface area contributed by atoms with Crippen LogP contribution in [0.15, 0.2) is 59.2 Å². The molecule has 1 aliphatic rings. The van der Waals surface area contributed by atoms with Crippen molar-refractivity contribution in [3.63, 3.8) is 0 Å². The van der Waals surface area contributed by atoms with E-state index in [0.29, 0.717) is 25.3 Å². The molecule has 142 valence electrons. The molecule has 0 saturated carbocycles. The zero-order chi connectivity index (χ0) is 19.5. The molecule has 1 aliphatic heterocycles. The highest BCUT2D eigenvalue weighted by Gasteiger charge is 2.23. The fourth-order valence-electron chi connectivity index (χ4n) is 3.13. The van der Waals surface area contributed by atoms with Crippen molar-refractivity contribution >= 4 is 27.6 Å². The zero-order valence-electron chi connectivity index (χ0n) is 15.4. The van der Waals surface area contributed by atoms with Gasteiger partial charge in [-0.05, 0) is 52.3 Å². The third kappa shape index (κ3) is 3.84. The van der Waals surface area contributed by atoms with Crippen LogP contribution < -0.4 is 10.1 Å². The number of nitrogens with zero attached hydrogens (tertiary/aromatic N) is 3. The van der Waals surface area contributed by atoms with Gasteiger partial charge < -0.3 is 15.0 Å². The average molecular weight is 439 g/mol. The Morgan fingerprint density at radius 3 is 2.71 bits per heavy atom. The lowest BCUT2D eigenvalue weighted by molar-refractivity contribution is 0.206. The Hall–Kier alpha value is -2.93. The van der Waals surface area contributed by atoms with Gasteiger partial charge in [0.2, 0.25) is 0 Å². The summed E-state index contributed by atoms with van der Waals surface area (Å²) >= 11 is 3.45. The van der Waals surface area contributed by atoms with E-state index in [-0.39, 0.29) is 6.03 Å². The molecule has 2 aromatic carbocycles. The minimum Gasteiger partial charge on any atom is -0.497 e. The number of rotatable bonds is 3. The molecule has 3 aromatic rings. The number of urea groups is 1. The normalized spacial score (nSPS) is 13.0. The van der Waals surface area contributed by atoms with Gasteiger partial charge in [-0.1, -0.05) is 12.1 Å². The van der Waals surface area contributed by atoms with E-state index >= 15 is 0 Å². The van der Waals surface area contributed by atoms with E-state index in [4.69, 9.17) is 9.72 Å². The summed E-state index contributed by atoms with van der Waals surface area (Å²) in [5.74, 6) is 1.49. The van der Waals surface area contributed by atoms with E-state index in [0.717, 1.165) is 32.7 Å². The summed E-state index contributed by atoms with van der Waals surface area (Å²) in [7, 11) is 1.64. The maximum absolute atomic E-state index is 12.6. The van der Waals surface area contributed by atoms with Gasteiger partial charge in [-0.15, -0.1) is 0 Å². The first-order chi connectivity index (χ1) is 13.6. The number of carbonyl (C=O) groups is 1. The molecular formula is C21H19BrN4O2. The third-order valence-electron chi connectivity index (χ3n) is 4.68. The van der Waals surface area contributed by atoms with Gasteiger partial charge in [0.25, 0.3) is 0 Å². The molecule has 0 atom stereocenters. The smallest absolute Gasteiger partial charge is 0.322 e. The van der Waals surface area contributed by atoms with Gasteiger partial charge in [-0.2, -0.15) is 0 Å². The lowest BCUT2D eigenvalue weighted by Gasteiger charge is -2.28. The molecule has 1 aromatic heterocycles. The van der Waals surface area contributed by atoms with E-state index in [1.165, 1.54) is 0 Å². The first kappa shape index (κ1) is 18.4. The van der Waals surface area contributed by atoms with Crippen LogP contribution in [0.1, 0.15) is 11.3 Å². The number of hydrogen-bond donors (Lipinski definition) is 1. The highest BCUT2D eigenvalue weighted by atomic mass is 79.9. The molecule has 0 radical (unpaired) electrons. The van der Waals surface area contributed by atoms with Crippen molar-refractivity contribution in [2.24, 2.45) is 0 Å². The van der Waals surface area contributed by atoms with Gasteiger partial charge in [0.15, 0.2) is 5.82 Å². The van der Waals surface area contributed by atoms with Crippen LogP contribution >= 0.6 is 15.9 Å². The highest BCUT2D eigenvalue weighted by Crippen LogP contribution is 2.25. The summed E-state index contributed by atoms with van der Waals surface area (Å²) in [6, 6.07) is 15.1. The van der Waals surface area contributed by atoms with Crippen LogP contribution in [0.3, 0.4) is 0 Å². The summed E-state index contributed by atoms with van der Waals surface area (Å²) in [6.45, 7) is 1.11. The Morgan fingerprint density at radius 1 is 1.18 bits per heavy atom. The minimum atomic E-state index is -0.128. The van der Waals surface area contributed by atoms with E-state index < -0.39 is 0 Å². The molecule has 0 fully saturated rings. The SMILES string of the molecule is COc1ccc(-c2ncc3c(n2)CCN(C(=O)Nc2ccccc2Br)C3)cc1. The average Bonchev–Trinajstić information content (AvgIpc) is 2.74. The van der Waals surface area contributed by atoms with Crippen molar-refractivity contribution in [1.82, 2.24) is 14.9 Å². The zero-order valence-corrected chi connectivity index (χ0v) is 16.9. The monoisotopic (exact) mass is 438 g/mol. The number of para-hydroxylation sites is 1. The fraction of sp³-hybridized carbons (Fsp3) is 0.190. The van der Waals surface area contributed by atoms with Gasteiger partial charge >= 0.3 is 6.03 Å². The Kier molecular flexibility index (Phi) is 5.25. The number of ether oxygens (including phenoxy) is 1. The van der Waals surface area contributed by atoms with Crippen molar-refractivity contribution in [3.05, 3.63) is 70.5 Å². The van der Waals surface area contributed by atoms with E-state index in [1.54, 1.807) is 12.0 Å². The van der Waals surface area contributed by atoms with Crippen molar-refractivity contribution < 1.29 is 9.53 Å². The molecule has 0 bridgehead atoms. The Balaban J connectivity index is 1.48. The van der Waals surface area contributed by atoms with Gasteiger partial charge in [0, 0.05) is 34.8 Å². The van der Waals surface area contributed by atoms with Crippen LogP contribution in [0.2, 0.25) is 0 Å². The molecule has 6 nitrogen and oxygen atoms in total. The molecule has 2 heterocycles. The van der Waals surface area contributed by atoms with Gasteiger partial charge in [-0.25, -0.2) is 14.8 Å². The number of nitrogens with one attached hydrogen (secondary N) is 1. The number of halogens is 1. The number of carbonyl (C=O) groups excluding carboxylic acids is 1. The summed E-state index contributed by atoms with van der Waals surface area (Å²) in [6.07, 6.45) is 2.52. The minimum absolute atomic E-state index is 0.128. The quantitative estimate of drug-likeness (QED) is 0.653. The molecule has 2 amide bonds. The number of aromatic nitrogens is 2. The molecule has 0 unspecified atom stereocenters. The fourth-order valence-corrected chi connectivity index (χ4v) is 3.51. The predicted octanol–water partition coefficient (Wildman–Crippen LogP) is 4.50. The molecule has 1 N–H and O–H groups in total. The third-order valence-corrected chi connectivity index (χ3v) is 5.38. The van der Waals surface area contributed by atoms with Gasteiger partial charge in [0.1, 0.15) is 5.75 Å². The van der Waals surface area contributed by atoms with E-state index in [2.05, 4.69) is 26.2 Å². The van der Waals surface area contributed by atoms with Crippen molar-refractivity contribution in [3.8, 4) is 17.1 Å². The maximum Gasteiger partial charge on any atom is 0.322 e. The van der Waals surface area contributed by atoms with Crippen LogP contribution in [0.25, 0.3) is 11.4 Å². The molecule has 28 heavy (non-hydrogen) atoms. The van der Waals surface area contributed by atoms with Crippen molar-refractivity contribution in [2.75, 3.05) is 19.0 Å². The van der Waals surface area contributed by atoms with Crippen molar-refractivity contribution in [2.45, 2.75) is 13.0 Å². The molecule has 0 aliphatic carbocycles. The maximum atomic E-state index is 12.6. The second-order valence-electron chi connectivity index (χ2n) is 6.48. The van der Waals surface area contributed by atoms with E-state index in [1.807, 2.05) is 54.7 Å². The van der Waals surface area contributed by atoms with Crippen LogP contribution in [0.5, 0.6) is 5.75 Å². The number of benzene rings is 2. The summed E-state index contributed by atoms with van der Waals surface area (Å²) in [5.41, 5.74) is 3.67. The largest absolute Gasteiger partial charge is 0.497 e. The lowest BCUT2D eigenvalue weighted by atomic mass is 10.1. The number of hydrogen-bond acceptors (Lipinski definition) is 4. The van der Waals surface area contributed by atoms with Crippen LogP contribution in [-0.2, 0) is 13.0 Å². The second kappa shape index (κ2) is 7.98. The standard InChI is InChI=1S/C21H19BrN4O2/c1-28-16-8-6-14(7-9-16)20-23-12-15-13-26(11-10-18(15)24-20)21(27)25-19-5-3-2-4-17(19)22/h2-9,12H,10-11,13H2,1H3,(H,25,27). The summed E-state index contributed by atoms with van der Waals surface area (Å²) < 4.78 is 6.05. The van der Waals surface area contributed by atoms with Crippen molar-refractivity contribution in [1.29, 1.82) is 0 Å². The van der Waals surface area contributed by atoms with Gasteiger partial charge in [-0.3, -0.25) is 0 Å². The molecular weight excluding hydrogens is 420 g/mol. The number of amides is 2. The van der Waals surface area contributed by atoms with E-state index in [9.17, 15) is 4.79 Å². The lowest BCUT2D eigenvalue weighted by Crippen LogP contribution is -2.39. The molecule has 0 saturated heterocycles. The number of anilines is 1. The molecule has 4 rings (SSSR count). The van der Waals surface area contributed by atoms with Crippen LogP contribution in [0.4, 0.5) is 10.5 Å². The molecule has 7 heteroatoms. The Morgan fingerprint density at radius 2 is 1.96 bits per heavy atom. The van der Waals surface area contributed by atoms with Crippen LogP contribution in [-0.4, -0.2) is 34.6 Å². The number of fused-ring (bicyclic) bond motifs is 1. The molecule has 0 spiro atoms. The highest BCUT2D eigenvalue weighted by molar-refractivity contribution is 9.10. The Bertz CT molecular complexity index is 1010. The topological polar surface area (TPSA) is 67.4 Å². The summed E-state index contributed by atoms with van der Waals surface area (Å²) in [5, 5.41) is 2.95. The van der Waals surface area contributed by atoms with Crippen LogP contribution in [0, 0.1) is 0 Å². The Labute approximate surface area is 171 Å². The predicted molar refractivity (Wildman–Crippen MR) is 111 cm³/mol. The first-order valence-electron chi connectivity index (χ1n) is 8.94. The first-order valence-corrected chi connectivity index (χ1v) is 9.73. The summed E-state index contributed by atoms with van der Waals surface area (Å²) in [4.78, 5) is 23.6. The number of methoxy groups -OCH3 is 1. The van der Waals surface area contributed by atoms with Gasteiger partial charge in [0.05, 0.1) is 25.0 Å².